The Balaban J connectivity index is 2.19. The molecule has 1 atom stereocenters. The average Bonchev–Trinajstić information content (AvgIpc) is 2.40. The van der Waals surface area contributed by atoms with Crippen LogP contribution in [0.25, 0.3) is 0 Å². The van der Waals surface area contributed by atoms with Gasteiger partial charge in [0.25, 0.3) is 0 Å². The molecule has 0 aliphatic carbocycles. The summed E-state index contributed by atoms with van der Waals surface area (Å²) < 4.78 is 38.1. The first kappa shape index (κ1) is 16.3. The van der Waals surface area contributed by atoms with Crippen LogP contribution >= 0.6 is 27.7 Å². The zero-order valence-corrected chi connectivity index (χ0v) is 13.3. The smallest absolute Gasteiger partial charge is 0.389 e. The molecule has 1 heterocycles. The maximum atomic E-state index is 12.5. The molecule has 0 aliphatic rings. The maximum absolute atomic E-state index is 12.5. The first-order chi connectivity index (χ1) is 9.77. The van der Waals surface area contributed by atoms with E-state index in [-0.39, 0.29) is 0 Å². The van der Waals surface area contributed by atoms with E-state index in [0.717, 1.165) is 27.2 Å². The van der Waals surface area contributed by atoms with Gasteiger partial charge in [0.05, 0.1) is 11.7 Å². The number of pyridine rings is 1. The molecule has 0 unspecified atom stereocenters. The van der Waals surface area contributed by atoms with Gasteiger partial charge in [-0.1, -0.05) is 17.8 Å². The molecular weight excluding hydrogens is 367 g/mol. The lowest BCUT2D eigenvalue weighted by molar-refractivity contribution is -0.137. The highest BCUT2D eigenvalue weighted by Gasteiger charge is 2.30. The Kier molecular flexibility index (Phi) is 4.95. The van der Waals surface area contributed by atoms with Gasteiger partial charge in [0, 0.05) is 15.6 Å². The van der Waals surface area contributed by atoms with Crippen LogP contribution in [0.1, 0.15) is 24.2 Å². The topological polar surface area (TPSA) is 33.1 Å². The summed E-state index contributed by atoms with van der Waals surface area (Å²) in [7, 11) is 0. The van der Waals surface area contributed by atoms with Crippen LogP contribution in [0.4, 0.5) is 13.2 Å². The van der Waals surface area contributed by atoms with Gasteiger partial charge in [-0.3, -0.25) is 0 Å². The Labute approximate surface area is 132 Å². The van der Waals surface area contributed by atoms with Crippen LogP contribution in [0.2, 0.25) is 0 Å². The third kappa shape index (κ3) is 4.21. The Morgan fingerprint density at radius 2 is 1.95 bits per heavy atom. The van der Waals surface area contributed by atoms with Crippen molar-refractivity contribution >= 4 is 27.7 Å². The van der Waals surface area contributed by atoms with E-state index in [1.807, 2.05) is 0 Å². The van der Waals surface area contributed by atoms with E-state index in [4.69, 9.17) is 0 Å². The summed E-state index contributed by atoms with van der Waals surface area (Å²) >= 11 is 4.63. The van der Waals surface area contributed by atoms with Crippen LogP contribution in [0.5, 0.6) is 0 Å². The number of aromatic nitrogens is 1. The molecule has 1 aromatic carbocycles. The molecule has 1 N–H and O–H groups in total. The summed E-state index contributed by atoms with van der Waals surface area (Å²) in [4.78, 5) is 4.62. The summed E-state index contributed by atoms with van der Waals surface area (Å²) in [6.07, 6.45) is -4.14. The molecule has 112 valence electrons. The number of aliphatic hydroxyl groups is 1. The average molecular weight is 378 g/mol. The zero-order chi connectivity index (χ0) is 15.6. The Hall–Kier alpha value is -1.05. The van der Waals surface area contributed by atoms with E-state index in [0.29, 0.717) is 5.03 Å². The molecule has 0 amide bonds. The molecule has 0 fully saturated rings. The Morgan fingerprint density at radius 1 is 1.24 bits per heavy atom. The number of hydrogen-bond acceptors (Lipinski definition) is 3. The number of hydrogen-bond donors (Lipinski definition) is 1. The molecule has 0 saturated heterocycles. The summed E-state index contributed by atoms with van der Waals surface area (Å²) in [6.45, 7) is 1.66. The van der Waals surface area contributed by atoms with Crippen LogP contribution in [0.15, 0.2) is 50.9 Å². The molecule has 0 aliphatic heterocycles. The van der Waals surface area contributed by atoms with Crippen LogP contribution < -0.4 is 0 Å². The van der Waals surface area contributed by atoms with Crippen molar-refractivity contribution in [2.75, 3.05) is 0 Å². The van der Waals surface area contributed by atoms with Gasteiger partial charge in [-0.2, -0.15) is 13.2 Å². The molecule has 0 radical (unpaired) electrons. The zero-order valence-electron chi connectivity index (χ0n) is 10.9. The number of alkyl halides is 3. The lowest BCUT2D eigenvalue weighted by atomic mass is 10.1. The van der Waals surface area contributed by atoms with Crippen molar-refractivity contribution in [1.29, 1.82) is 0 Å². The number of aliphatic hydroxyl groups excluding tert-OH is 1. The summed E-state index contributed by atoms with van der Waals surface area (Å²) in [5.74, 6) is 0. The molecule has 0 bridgehead atoms. The molecule has 2 aromatic rings. The molecule has 2 rings (SSSR count). The summed E-state index contributed by atoms with van der Waals surface area (Å²) in [5, 5.41) is 9.96. The fraction of sp³-hybridized carbons (Fsp3) is 0.214. The minimum atomic E-state index is -4.38. The van der Waals surface area contributed by atoms with Gasteiger partial charge in [0.1, 0.15) is 5.03 Å². The predicted molar refractivity (Wildman–Crippen MR) is 78.1 cm³/mol. The highest BCUT2D eigenvalue weighted by molar-refractivity contribution is 9.10. The minimum absolute atomic E-state index is 0.466. The SMILES string of the molecule is C[C@@H](O)c1ccc(Sc2ccc(C(F)(F)F)cn2)c(Br)c1. The molecular formula is C14H11BrF3NOS. The van der Waals surface area contributed by atoms with Crippen molar-refractivity contribution in [3.8, 4) is 0 Å². The van der Waals surface area contributed by atoms with Crippen LogP contribution in [-0.4, -0.2) is 10.1 Å². The van der Waals surface area contributed by atoms with Gasteiger partial charge >= 0.3 is 6.18 Å². The highest BCUT2D eigenvalue weighted by atomic mass is 79.9. The normalized spacial score (nSPS) is 13.2. The van der Waals surface area contributed by atoms with Crippen LogP contribution in [-0.2, 0) is 6.18 Å². The number of benzene rings is 1. The van der Waals surface area contributed by atoms with Crippen molar-refractivity contribution in [3.05, 3.63) is 52.1 Å². The van der Waals surface area contributed by atoms with E-state index in [2.05, 4.69) is 20.9 Å². The van der Waals surface area contributed by atoms with Gasteiger partial charge in [0.15, 0.2) is 0 Å². The first-order valence-electron chi connectivity index (χ1n) is 5.96. The van der Waals surface area contributed by atoms with Crippen molar-refractivity contribution < 1.29 is 18.3 Å². The monoisotopic (exact) mass is 377 g/mol. The predicted octanol–water partition coefficient (Wildman–Crippen LogP) is 5.07. The van der Waals surface area contributed by atoms with E-state index in [9.17, 15) is 18.3 Å². The third-order valence-corrected chi connectivity index (χ3v) is 4.66. The van der Waals surface area contributed by atoms with Gasteiger partial charge < -0.3 is 5.11 Å². The lowest BCUT2D eigenvalue weighted by Crippen LogP contribution is -2.05. The Morgan fingerprint density at radius 3 is 2.43 bits per heavy atom. The van der Waals surface area contributed by atoms with Gasteiger partial charge in [-0.15, -0.1) is 0 Å². The molecule has 21 heavy (non-hydrogen) atoms. The maximum Gasteiger partial charge on any atom is 0.417 e. The van der Waals surface area contributed by atoms with Crippen LogP contribution in [0, 0.1) is 0 Å². The first-order valence-corrected chi connectivity index (χ1v) is 7.57. The van der Waals surface area contributed by atoms with Crippen molar-refractivity contribution in [2.24, 2.45) is 0 Å². The molecule has 1 aromatic heterocycles. The fourth-order valence-electron chi connectivity index (χ4n) is 1.58. The number of nitrogens with zero attached hydrogens (tertiary/aromatic N) is 1. The molecule has 7 heteroatoms. The molecule has 0 spiro atoms. The van der Waals surface area contributed by atoms with Crippen LogP contribution in [0.3, 0.4) is 0 Å². The molecule has 0 saturated carbocycles. The molecule has 2 nitrogen and oxygen atoms in total. The van der Waals surface area contributed by atoms with Crippen molar-refractivity contribution in [1.82, 2.24) is 4.98 Å². The fourth-order valence-corrected chi connectivity index (χ4v) is 2.98. The largest absolute Gasteiger partial charge is 0.417 e. The summed E-state index contributed by atoms with van der Waals surface area (Å²) in [5.41, 5.74) is -0.0121. The quantitative estimate of drug-likeness (QED) is 0.810. The van der Waals surface area contributed by atoms with E-state index >= 15 is 0 Å². The number of halogens is 4. The second-order valence-corrected chi connectivity index (χ2v) is 6.27. The highest BCUT2D eigenvalue weighted by Crippen LogP contribution is 2.35. The Bertz CT molecular complexity index is 629. The van der Waals surface area contributed by atoms with Gasteiger partial charge in [0.2, 0.25) is 0 Å². The van der Waals surface area contributed by atoms with Crippen molar-refractivity contribution in [3.63, 3.8) is 0 Å². The third-order valence-electron chi connectivity index (χ3n) is 2.72. The second-order valence-electron chi connectivity index (χ2n) is 4.35. The van der Waals surface area contributed by atoms with E-state index in [1.54, 1.807) is 25.1 Å². The second kappa shape index (κ2) is 6.37. The van der Waals surface area contributed by atoms with E-state index in [1.165, 1.54) is 17.8 Å². The summed E-state index contributed by atoms with van der Waals surface area (Å²) in [6, 6.07) is 7.67. The standard InChI is InChI=1S/C14H11BrF3NOS/c1-8(20)9-2-4-12(11(15)6-9)21-13-5-3-10(7-19-13)14(16,17)18/h2-8,20H,1H3/t8-/m1/s1. The van der Waals surface area contributed by atoms with Crippen molar-refractivity contribution in [2.45, 2.75) is 29.1 Å². The minimum Gasteiger partial charge on any atom is -0.389 e. The lowest BCUT2D eigenvalue weighted by Gasteiger charge is -2.09. The van der Waals surface area contributed by atoms with E-state index < -0.39 is 17.8 Å². The van der Waals surface area contributed by atoms with Gasteiger partial charge in [-0.25, -0.2) is 4.98 Å². The number of rotatable bonds is 3. The van der Waals surface area contributed by atoms with Gasteiger partial charge in [-0.05, 0) is 52.7 Å².